The van der Waals surface area contributed by atoms with E-state index in [1.807, 2.05) is 30.3 Å². The Hall–Kier alpha value is -4.19. The molecule has 3 aromatic carbocycles. The van der Waals surface area contributed by atoms with Gasteiger partial charge >= 0.3 is 5.97 Å². The van der Waals surface area contributed by atoms with Crippen LogP contribution < -0.4 is 5.32 Å². The Labute approximate surface area is 216 Å². The van der Waals surface area contributed by atoms with Crippen molar-refractivity contribution in [2.24, 2.45) is 0 Å². The Morgan fingerprint density at radius 3 is 2.61 bits per heavy atom. The molecule has 1 fully saturated rings. The summed E-state index contributed by atoms with van der Waals surface area (Å²) in [7, 11) is 0. The number of nitrogens with one attached hydrogen (secondary N) is 1. The molecule has 10 nitrogen and oxygen atoms in total. The van der Waals surface area contributed by atoms with Gasteiger partial charge in [-0.25, -0.2) is 9.07 Å². The number of aromatic nitrogens is 3. The van der Waals surface area contributed by atoms with Gasteiger partial charge < -0.3 is 25.0 Å². The Morgan fingerprint density at radius 2 is 1.84 bits per heavy atom. The van der Waals surface area contributed by atoms with Crippen molar-refractivity contribution in [2.45, 2.75) is 37.5 Å². The fraction of sp³-hybridized carbons (Fsp3) is 0.259. The van der Waals surface area contributed by atoms with Gasteiger partial charge in [0.2, 0.25) is 0 Å². The maximum atomic E-state index is 13.7. The number of aliphatic hydroxyl groups excluding tert-OH is 2. The predicted octanol–water partition coefficient (Wildman–Crippen LogP) is 2.22. The molecule has 0 aliphatic carbocycles. The summed E-state index contributed by atoms with van der Waals surface area (Å²) in [5, 5.41) is 34.8. The first-order valence-corrected chi connectivity index (χ1v) is 11.9. The minimum absolute atomic E-state index is 0.309. The molecule has 5 rings (SSSR count). The lowest BCUT2D eigenvalue weighted by Crippen LogP contribution is -2.61. The van der Waals surface area contributed by atoms with Crippen LogP contribution in [0.2, 0.25) is 0 Å². The van der Waals surface area contributed by atoms with Gasteiger partial charge in [-0.1, -0.05) is 47.7 Å². The molecule has 38 heavy (non-hydrogen) atoms. The zero-order valence-electron chi connectivity index (χ0n) is 20.3. The number of esters is 1. The van der Waals surface area contributed by atoms with E-state index in [1.165, 1.54) is 36.0 Å². The van der Waals surface area contributed by atoms with Crippen molar-refractivity contribution in [3.8, 4) is 11.3 Å². The second-order valence-corrected chi connectivity index (χ2v) is 9.00. The summed E-state index contributed by atoms with van der Waals surface area (Å²) < 4.78 is 25.8. The van der Waals surface area contributed by atoms with E-state index in [1.54, 1.807) is 18.2 Å². The van der Waals surface area contributed by atoms with Crippen LogP contribution in [0.3, 0.4) is 0 Å². The second kappa shape index (κ2) is 10.7. The average molecular weight is 521 g/mol. The fourth-order valence-electron chi connectivity index (χ4n) is 4.47. The number of nitrogens with zero attached hydrogens (tertiary/aromatic N) is 3. The third kappa shape index (κ3) is 5.25. The van der Waals surface area contributed by atoms with E-state index in [0.717, 1.165) is 10.8 Å². The van der Waals surface area contributed by atoms with E-state index in [4.69, 9.17) is 9.47 Å². The molecule has 0 radical (unpaired) electrons. The number of fused-ring (bicyclic) bond motifs is 1. The van der Waals surface area contributed by atoms with Gasteiger partial charge in [0, 0.05) is 18.1 Å². The number of hydrogen-bond acceptors (Lipinski definition) is 8. The van der Waals surface area contributed by atoms with Gasteiger partial charge in [-0.15, -0.1) is 5.10 Å². The zero-order chi connectivity index (χ0) is 26.8. The van der Waals surface area contributed by atoms with Crippen molar-refractivity contribution in [1.29, 1.82) is 0 Å². The first-order chi connectivity index (χ1) is 18.3. The zero-order valence-corrected chi connectivity index (χ0v) is 20.3. The SMILES string of the molecule is CC(=O)OC[C@H]1OC(NC(=O)c2ccc3ccccc3c2)[C@H](O)[C@@H](n2cc(-c3cccc(F)c3)nn2)[C@H]1O. The molecule has 1 saturated heterocycles. The van der Waals surface area contributed by atoms with E-state index in [9.17, 15) is 24.2 Å². The normalized spacial score (nSPS) is 23.2. The number of halogens is 1. The number of carbonyl (C=O) groups excluding carboxylic acids is 2. The highest BCUT2D eigenvalue weighted by Gasteiger charge is 2.47. The van der Waals surface area contributed by atoms with Crippen LogP contribution >= 0.6 is 0 Å². The predicted molar refractivity (Wildman–Crippen MR) is 133 cm³/mol. The highest BCUT2D eigenvalue weighted by molar-refractivity contribution is 5.98. The third-order valence-corrected chi connectivity index (χ3v) is 6.38. The van der Waals surface area contributed by atoms with Crippen molar-refractivity contribution in [3.63, 3.8) is 0 Å². The Balaban J connectivity index is 1.42. The monoisotopic (exact) mass is 520 g/mol. The third-order valence-electron chi connectivity index (χ3n) is 6.38. The summed E-state index contributed by atoms with van der Waals surface area (Å²) in [6.45, 7) is 0.886. The minimum Gasteiger partial charge on any atom is -0.463 e. The molecule has 0 bridgehead atoms. The highest BCUT2D eigenvalue weighted by Crippen LogP contribution is 2.31. The molecule has 4 aromatic rings. The lowest BCUT2D eigenvalue weighted by Gasteiger charge is -2.42. The van der Waals surface area contributed by atoms with Crippen LogP contribution in [0.25, 0.3) is 22.0 Å². The molecule has 1 unspecified atom stereocenters. The largest absolute Gasteiger partial charge is 0.463 e. The number of carbonyl (C=O) groups is 2. The molecule has 196 valence electrons. The second-order valence-electron chi connectivity index (χ2n) is 9.00. The van der Waals surface area contributed by atoms with Crippen LogP contribution in [0.4, 0.5) is 4.39 Å². The number of hydrogen-bond donors (Lipinski definition) is 3. The smallest absolute Gasteiger partial charge is 0.302 e. The average Bonchev–Trinajstić information content (AvgIpc) is 3.39. The summed E-state index contributed by atoms with van der Waals surface area (Å²) >= 11 is 0. The number of rotatable bonds is 6. The molecular formula is C27H25FN4O6. The Bertz CT molecular complexity index is 1480. The summed E-state index contributed by atoms with van der Waals surface area (Å²) in [6.07, 6.45) is -3.80. The topological polar surface area (TPSA) is 136 Å². The van der Waals surface area contributed by atoms with Gasteiger partial charge in [0.25, 0.3) is 5.91 Å². The highest BCUT2D eigenvalue weighted by atomic mass is 19.1. The lowest BCUT2D eigenvalue weighted by atomic mass is 9.95. The van der Waals surface area contributed by atoms with Crippen LogP contribution in [-0.2, 0) is 14.3 Å². The van der Waals surface area contributed by atoms with Crippen molar-refractivity contribution in [1.82, 2.24) is 20.3 Å². The first kappa shape index (κ1) is 25.5. The van der Waals surface area contributed by atoms with Crippen molar-refractivity contribution in [3.05, 3.63) is 84.3 Å². The molecule has 1 aliphatic rings. The molecule has 0 saturated carbocycles. The number of benzene rings is 3. The summed E-state index contributed by atoms with van der Waals surface area (Å²) in [4.78, 5) is 24.5. The van der Waals surface area contributed by atoms with E-state index >= 15 is 0 Å². The standard InChI is InChI=1S/C27H25FN4O6/c1-15(33)37-14-22-24(34)23(32-13-21(30-31-32)18-7-4-8-20(28)12-18)25(35)27(38-22)29-26(36)19-10-9-16-5-2-3-6-17(16)11-19/h2-13,22-25,27,34-35H,14H2,1H3,(H,29,36)/t22-,23+,24+,25-,27?/m1/s1. The van der Waals surface area contributed by atoms with Crippen LogP contribution in [0, 0.1) is 5.82 Å². The number of aliphatic hydroxyl groups is 2. The number of amides is 1. The van der Waals surface area contributed by atoms with Gasteiger partial charge in [-0.3, -0.25) is 9.59 Å². The van der Waals surface area contributed by atoms with Crippen LogP contribution in [-0.4, -0.2) is 68.2 Å². The van der Waals surface area contributed by atoms with Crippen LogP contribution in [0.15, 0.2) is 72.9 Å². The molecule has 1 aliphatic heterocycles. The minimum atomic E-state index is -1.47. The van der Waals surface area contributed by atoms with E-state index in [2.05, 4.69) is 15.6 Å². The lowest BCUT2D eigenvalue weighted by molar-refractivity contribution is -0.214. The van der Waals surface area contributed by atoms with E-state index in [-0.39, 0.29) is 6.61 Å². The van der Waals surface area contributed by atoms with Crippen molar-refractivity contribution < 1.29 is 33.7 Å². The van der Waals surface area contributed by atoms with Crippen LogP contribution in [0.1, 0.15) is 23.3 Å². The first-order valence-electron chi connectivity index (χ1n) is 11.9. The molecule has 5 atom stereocenters. The maximum absolute atomic E-state index is 13.7. The van der Waals surface area contributed by atoms with Gasteiger partial charge in [-0.05, 0) is 35.0 Å². The Morgan fingerprint density at radius 1 is 1.05 bits per heavy atom. The number of ether oxygens (including phenoxy) is 2. The van der Waals surface area contributed by atoms with Gasteiger partial charge in [0.1, 0.15) is 42.5 Å². The van der Waals surface area contributed by atoms with Gasteiger partial charge in [0.15, 0.2) is 6.23 Å². The molecule has 11 heteroatoms. The van der Waals surface area contributed by atoms with Crippen molar-refractivity contribution >= 4 is 22.6 Å². The summed E-state index contributed by atoms with van der Waals surface area (Å²) in [6, 6.07) is 17.3. The van der Waals surface area contributed by atoms with E-state index < -0.39 is 48.3 Å². The molecule has 0 spiro atoms. The molecule has 1 aromatic heterocycles. The quantitative estimate of drug-likeness (QED) is 0.330. The molecule has 3 N–H and O–H groups in total. The van der Waals surface area contributed by atoms with Crippen LogP contribution in [0.5, 0.6) is 0 Å². The summed E-state index contributed by atoms with van der Waals surface area (Å²) in [5.74, 6) is -1.56. The van der Waals surface area contributed by atoms with E-state index in [0.29, 0.717) is 16.8 Å². The van der Waals surface area contributed by atoms with Gasteiger partial charge in [0.05, 0.1) is 6.20 Å². The summed E-state index contributed by atoms with van der Waals surface area (Å²) in [5.41, 5.74) is 1.10. The molecule has 2 heterocycles. The Kier molecular flexibility index (Phi) is 7.14. The van der Waals surface area contributed by atoms with Crippen molar-refractivity contribution in [2.75, 3.05) is 6.61 Å². The maximum Gasteiger partial charge on any atom is 0.302 e. The fourth-order valence-corrected chi connectivity index (χ4v) is 4.47. The van der Waals surface area contributed by atoms with Gasteiger partial charge in [-0.2, -0.15) is 0 Å². The molecular weight excluding hydrogens is 495 g/mol. The molecule has 1 amide bonds.